The zero-order chi connectivity index (χ0) is 27.9. The van der Waals surface area contributed by atoms with E-state index in [4.69, 9.17) is 4.99 Å². The van der Waals surface area contributed by atoms with E-state index in [0.29, 0.717) is 18.0 Å². The first-order chi connectivity index (χ1) is 19.5. The number of H-pyrrole nitrogens is 1. The summed E-state index contributed by atoms with van der Waals surface area (Å²) in [6.07, 6.45) is 17.3. The molecule has 0 radical (unpaired) electrons. The van der Waals surface area contributed by atoms with Crippen LogP contribution in [-0.4, -0.2) is 34.0 Å². The molecule has 2 aliphatic rings. The van der Waals surface area contributed by atoms with Crippen molar-refractivity contribution < 1.29 is 4.79 Å². The zero-order valence-electron chi connectivity index (χ0n) is 23.0. The maximum Gasteiger partial charge on any atom is 0.201 e. The summed E-state index contributed by atoms with van der Waals surface area (Å²) in [6, 6.07) is 13.6. The minimum absolute atomic E-state index is 0.0316. The van der Waals surface area contributed by atoms with Gasteiger partial charge in [-0.2, -0.15) is 0 Å². The second-order valence-corrected chi connectivity index (χ2v) is 9.85. The summed E-state index contributed by atoms with van der Waals surface area (Å²) in [5.74, 6) is 0.545. The quantitative estimate of drug-likeness (QED) is 0.148. The Morgan fingerprint density at radius 3 is 2.90 bits per heavy atom. The fourth-order valence-electron chi connectivity index (χ4n) is 4.49. The maximum atomic E-state index is 13.2. The number of fused-ring (bicyclic) bond motifs is 1. The van der Waals surface area contributed by atoms with E-state index in [0.717, 1.165) is 57.4 Å². The SMILES string of the molecule is CCC(=CC(=O)c1cc2cc(C=NC3=NC(c4ccccn4)=CC=C=C3C)ccc2[nH]1)CC1=CN=CCC(C)=C1. The molecule has 0 bridgehead atoms. The molecule has 0 spiro atoms. The molecule has 6 nitrogen and oxygen atoms in total. The summed E-state index contributed by atoms with van der Waals surface area (Å²) < 4.78 is 0. The summed E-state index contributed by atoms with van der Waals surface area (Å²) in [7, 11) is 0. The number of hydrogen-bond donors (Lipinski definition) is 1. The van der Waals surface area contributed by atoms with Gasteiger partial charge in [0.1, 0.15) is 0 Å². The Balaban J connectivity index is 1.35. The Bertz CT molecular complexity index is 1730. The molecule has 2 aliphatic heterocycles. The van der Waals surface area contributed by atoms with E-state index in [2.05, 4.69) is 45.6 Å². The van der Waals surface area contributed by atoms with Crippen LogP contribution in [0.2, 0.25) is 0 Å². The normalized spacial score (nSPS) is 15.8. The van der Waals surface area contributed by atoms with Crippen LogP contribution in [0.3, 0.4) is 0 Å². The van der Waals surface area contributed by atoms with Gasteiger partial charge < -0.3 is 4.98 Å². The number of hydrogen-bond acceptors (Lipinski definition) is 5. The van der Waals surface area contributed by atoms with Crippen LogP contribution in [0.1, 0.15) is 61.8 Å². The van der Waals surface area contributed by atoms with Crippen molar-refractivity contribution in [3.8, 4) is 0 Å². The Morgan fingerprint density at radius 2 is 2.08 bits per heavy atom. The topological polar surface area (TPSA) is 82.8 Å². The number of carbonyl (C=O) groups excluding carboxylic acids is 1. The Kier molecular flexibility index (Phi) is 8.19. The Labute approximate surface area is 234 Å². The van der Waals surface area contributed by atoms with Crippen molar-refractivity contribution in [3.63, 3.8) is 0 Å². The number of aromatic nitrogens is 2. The summed E-state index contributed by atoms with van der Waals surface area (Å²) in [5, 5.41) is 0.946. The lowest BCUT2D eigenvalue weighted by Crippen LogP contribution is -1.98. The molecule has 0 amide bonds. The average molecular weight is 526 g/mol. The molecule has 5 rings (SSSR count). The minimum Gasteiger partial charge on any atom is -0.352 e. The number of ketones is 1. The first kappa shape index (κ1) is 26.7. The number of pyridine rings is 1. The third-order valence-corrected chi connectivity index (χ3v) is 6.69. The summed E-state index contributed by atoms with van der Waals surface area (Å²) in [6.45, 7) is 6.11. The highest BCUT2D eigenvalue weighted by Gasteiger charge is 2.11. The molecule has 40 heavy (non-hydrogen) atoms. The van der Waals surface area contributed by atoms with E-state index < -0.39 is 0 Å². The van der Waals surface area contributed by atoms with Crippen LogP contribution in [-0.2, 0) is 0 Å². The standard InChI is InChI=1S/C34H31N5O/c1-4-25(17-27-16-23(2)13-15-35-21-27)19-33(40)32-20-28-18-26(11-12-29(28)38-32)22-37-34-24(3)8-7-10-31(39-34)30-9-5-6-14-36-30/h5-7,9-12,14-16,18-22,38H,4,13,17H2,1-3H3. The molecule has 1 aromatic carbocycles. The van der Waals surface area contributed by atoms with Gasteiger partial charge in [0.25, 0.3) is 0 Å². The van der Waals surface area contributed by atoms with Gasteiger partial charge in [-0.25, -0.2) is 9.98 Å². The van der Waals surface area contributed by atoms with Gasteiger partial charge in [0.2, 0.25) is 5.78 Å². The van der Waals surface area contributed by atoms with Crippen LogP contribution in [0.15, 0.2) is 122 Å². The molecule has 4 heterocycles. The van der Waals surface area contributed by atoms with Crippen molar-refractivity contribution in [2.24, 2.45) is 15.0 Å². The number of aromatic amines is 1. The lowest BCUT2D eigenvalue weighted by Gasteiger charge is -2.05. The maximum absolute atomic E-state index is 13.2. The predicted octanol–water partition coefficient (Wildman–Crippen LogP) is 7.75. The molecule has 6 heteroatoms. The third kappa shape index (κ3) is 6.55. The molecule has 2 aromatic heterocycles. The van der Waals surface area contributed by atoms with Gasteiger partial charge in [0, 0.05) is 47.7 Å². The number of benzene rings is 1. The summed E-state index contributed by atoms with van der Waals surface area (Å²) in [4.78, 5) is 34.6. The highest BCUT2D eigenvalue weighted by molar-refractivity contribution is 6.09. The first-order valence-corrected chi connectivity index (χ1v) is 13.4. The van der Waals surface area contributed by atoms with Gasteiger partial charge >= 0.3 is 0 Å². The first-order valence-electron chi connectivity index (χ1n) is 13.4. The van der Waals surface area contributed by atoms with Crippen LogP contribution >= 0.6 is 0 Å². The van der Waals surface area contributed by atoms with Crippen molar-refractivity contribution in [1.29, 1.82) is 0 Å². The smallest absolute Gasteiger partial charge is 0.201 e. The third-order valence-electron chi connectivity index (χ3n) is 6.69. The number of rotatable bonds is 7. The van der Waals surface area contributed by atoms with Crippen LogP contribution < -0.4 is 0 Å². The van der Waals surface area contributed by atoms with Crippen LogP contribution in [0.25, 0.3) is 16.6 Å². The van der Waals surface area contributed by atoms with E-state index in [9.17, 15) is 4.79 Å². The molecule has 0 unspecified atom stereocenters. The molecule has 0 saturated heterocycles. The van der Waals surface area contributed by atoms with Gasteiger partial charge in [-0.05, 0) is 86.4 Å². The zero-order valence-corrected chi connectivity index (χ0v) is 23.0. The number of aliphatic imine (C=N–C) groups is 3. The largest absolute Gasteiger partial charge is 0.352 e. The molecule has 0 fully saturated rings. The molecule has 3 aromatic rings. The van der Waals surface area contributed by atoms with E-state index in [1.165, 1.54) is 5.57 Å². The van der Waals surface area contributed by atoms with Crippen molar-refractivity contribution in [2.75, 3.05) is 0 Å². The van der Waals surface area contributed by atoms with Crippen molar-refractivity contribution in [3.05, 3.63) is 124 Å². The van der Waals surface area contributed by atoms with Crippen LogP contribution in [0, 0.1) is 0 Å². The fourth-order valence-corrected chi connectivity index (χ4v) is 4.49. The molecule has 0 aliphatic carbocycles. The number of nitrogens with one attached hydrogen (secondary N) is 1. The Morgan fingerprint density at radius 1 is 1.18 bits per heavy atom. The van der Waals surface area contributed by atoms with Gasteiger partial charge in [0.15, 0.2) is 5.84 Å². The van der Waals surface area contributed by atoms with E-state index >= 15 is 0 Å². The Hall–Kier alpha value is -4.93. The van der Waals surface area contributed by atoms with Crippen molar-refractivity contribution in [1.82, 2.24) is 9.97 Å². The highest BCUT2D eigenvalue weighted by Crippen LogP contribution is 2.22. The molecule has 0 saturated carbocycles. The van der Waals surface area contributed by atoms with Crippen LogP contribution in [0.5, 0.6) is 0 Å². The molecule has 198 valence electrons. The lowest BCUT2D eigenvalue weighted by atomic mass is 10.00. The van der Waals surface area contributed by atoms with Gasteiger partial charge in [-0.15, -0.1) is 5.73 Å². The van der Waals surface area contributed by atoms with Crippen LogP contribution in [0.4, 0.5) is 0 Å². The lowest BCUT2D eigenvalue weighted by molar-refractivity contribution is 0.104. The van der Waals surface area contributed by atoms with E-state index in [-0.39, 0.29) is 5.78 Å². The van der Waals surface area contributed by atoms with Gasteiger partial charge in [-0.1, -0.05) is 36.3 Å². The number of amidine groups is 1. The fraction of sp³-hybridized carbons (Fsp3) is 0.176. The highest BCUT2D eigenvalue weighted by atomic mass is 16.1. The monoisotopic (exact) mass is 525 g/mol. The summed E-state index contributed by atoms with van der Waals surface area (Å²) in [5.41, 5.74) is 11.4. The molecular formula is C34H31N5O. The second-order valence-electron chi connectivity index (χ2n) is 9.85. The van der Waals surface area contributed by atoms with Gasteiger partial charge in [-0.3, -0.25) is 14.8 Å². The van der Waals surface area contributed by atoms with Gasteiger partial charge in [0.05, 0.1) is 17.1 Å². The van der Waals surface area contributed by atoms with Crippen molar-refractivity contribution in [2.45, 2.75) is 40.0 Å². The minimum atomic E-state index is -0.0316. The predicted molar refractivity (Wildman–Crippen MR) is 165 cm³/mol. The second kappa shape index (κ2) is 12.3. The molecular weight excluding hydrogens is 494 g/mol. The molecule has 0 atom stereocenters. The van der Waals surface area contributed by atoms with E-state index in [1.807, 2.05) is 74.0 Å². The number of allylic oxidation sites excluding steroid dienone is 6. The molecule has 1 N–H and O–H groups in total. The van der Waals surface area contributed by atoms with Crippen molar-refractivity contribution >= 4 is 40.6 Å². The number of carbonyl (C=O) groups is 1. The summed E-state index contributed by atoms with van der Waals surface area (Å²) >= 11 is 0. The van der Waals surface area contributed by atoms with E-state index in [1.54, 1.807) is 18.5 Å². The average Bonchev–Trinajstić information content (AvgIpc) is 3.16. The number of nitrogens with zero attached hydrogens (tertiary/aromatic N) is 4.